The molecule has 1 fully saturated rings. The van der Waals surface area contributed by atoms with Crippen molar-refractivity contribution < 1.29 is 22.4 Å². The van der Waals surface area contributed by atoms with Gasteiger partial charge in [0.1, 0.15) is 5.83 Å². The van der Waals surface area contributed by atoms with Crippen LogP contribution in [0.3, 0.4) is 0 Å². The highest BCUT2D eigenvalue weighted by atomic mass is 35.5. The van der Waals surface area contributed by atoms with E-state index in [1.165, 1.54) is 6.07 Å². The van der Waals surface area contributed by atoms with Gasteiger partial charge in [-0.25, -0.2) is 9.18 Å². The monoisotopic (exact) mass is 414 g/mol. The van der Waals surface area contributed by atoms with Crippen LogP contribution in [0.4, 0.5) is 28.0 Å². The Kier molecular flexibility index (Phi) is 4.68. The number of carbonyl (C=O) groups is 1. The number of urea groups is 1. The fraction of sp³-hybridized carbons (Fsp3) is 0.450. The van der Waals surface area contributed by atoms with Crippen LogP contribution in [0.1, 0.15) is 38.2 Å². The first kappa shape index (κ1) is 19.3. The molecule has 1 aromatic carbocycles. The minimum absolute atomic E-state index is 0.0360. The van der Waals surface area contributed by atoms with Gasteiger partial charge in [0.2, 0.25) is 0 Å². The van der Waals surface area contributed by atoms with E-state index in [0.29, 0.717) is 12.8 Å². The van der Waals surface area contributed by atoms with Gasteiger partial charge in [-0.2, -0.15) is 13.2 Å². The third kappa shape index (κ3) is 3.30. The third-order valence-electron chi connectivity index (χ3n) is 5.84. The second kappa shape index (κ2) is 6.79. The Bertz CT molecular complexity index is 893. The van der Waals surface area contributed by atoms with E-state index in [-0.39, 0.29) is 35.5 Å². The van der Waals surface area contributed by atoms with Gasteiger partial charge in [-0.15, -0.1) is 0 Å². The molecule has 2 heterocycles. The van der Waals surface area contributed by atoms with Gasteiger partial charge in [0.05, 0.1) is 16.6 Å². The summed E-state index contributed by atoms with van der Waals surface area (Å²) in [6.07, 6.45) is -0.109. The lowest BCUT2D eigenvalue weighted by Gasteiger charge is -2.39. The summed E-state index contributed by atoms with van der Waals surface area (Å²) in [4.78, 5) is 14.6. The molecule has 2 amide bonds. The SMILES string of the molecule is CC1CC2=C(C=C1F)CC1CCC2N1C(=O)Nc1ccc(C(F)(F)F)c(Cl)c1. The predicted octanol–water partition coefficient (Wildman–Crippen LogP) is 6.32. The van der Waals surface area contributed by atoms with Gasteiger partial charge in [0, 0.05) is 17.6 Å². The second-order valence-electron chi connectivity index (χ2n) is 7.67. The maximum Gasteiger partial charge on any atom is 0.417 e. The number of nitrogens with one attached hydrogen (secondary N) is 1. The first-order valence-corrected chi connectivity index (χ1v) is 9.58. The summed E-state index contributed by atoms with van der Waals surface area (Å²) in [6.45, 7) is 1.82. The van der Waals surface area contributed by atoms with E-state index in [2.05, 4.69) is 5.32 Å². The number of allylic oxidation sites excluding steroid dienone is 2. The van der Waals surface area contributed by atoms with E-state index in [4.69, 9.17) is 11.6 Å². The molecular weight excluding hydrogens is 396 g/mol. The zero-order chi connectivity index (χ0) is 20.2. The average Bonchev–Trinajstić information content (AvgIpc) is 2.92. The molecule has 0 saturated carbocycles. The molecule has 2 aliphatic heterocycles. The van der Waals surface area contributed by atoms with Gasteiger partial charge < -0.3 is 10.2 Å². The third-order valence-corrected chi connectivity index (χ3v) is 6.15. The van der Waals surface area contributed by atoms with E-state index in [1.807, 2.05) is 6.92 Å². The van der Waals surface area contributed by atoms with Gasteiger partial charge in [0.25, 0.3) is 0 Å². The van der Waals surface area contributed by atoms with Crippen LogP contribution < -0.4 is 5.32 Å². The van der Waals surface area contributed by atoms with Gasteiger partial charge in [-0.1, -0.05) is 18.5 Å². The normalized spacial score (nSPS) is 26.9. The number of hydrogen-bond donors (Lipinski definition) is 1. The molecule has 2 bridgehead atoms. The van der Waals surface area contributed by atoms with E-state index >= 15 is 0 Å². The number of alkyl halides is 3. The van der Waals surface area contributed by atoms with Crippen molar-refractivity contribution in [3.63, 3.8) is 0 Å². The molecule has 3 atom stereocenters. The highest BCUT2D eigenvalue weighted by Gasteiger charge is 2.45. The number of nitrogens with zero attached hydrogens (tertiary/aromatic N) is 1. The number of hydrogen-bond acceptors (Lipinski definition) is 1. The van der Waals surface area contributed by atoms with Crippen LogP contribution in [0.15, 0.2) is 41.2 Å². The van der Waals surface area contributed by atoms with Crippen LogP contribution >= 0.6 is 11.6 Å². The van der Waals surface area contributed by atoms with Crippen molar-refractivity contribution >= 4 is 23.3 Å². The highest BCUT2D eigenvalue weighted by Crippen LogP contribution is 2.46. The standard InChI is InChI=1S/C20H19ClF4N2O/c1-10-6-14-11(8-17(10)22)7-13-3-5-18(14)27(13)19(28)26-12-2-4-15(16(21)9-12)20(23,24)25/h2,4,8-10,13,18H,3,5-7H2,1H3,(H,26,28). The molecule has 8 heteroatoms. The number of amides is 2. The van der Waals surface area contributed by atoms with Gasteiger partial charge in [-0.05, 0) is 61.1 Å². The summed E-state index contributed by atoms with van der Waals surface area (Å²) in [5, 5.41) is 2.21. The molecule has 0 aromatic heterocycles. The quantitative estimate of drug-likeness (QED) is 0.536. The summed E-state index contributed by atoms with van der Waals surface area (Å²) in [5.41, 5.74) is 1.36. The number of halogens is 5. The lowest BCUT2D eigenvalue weighted by atomic mass is 9.82. The highest BCUT2D eigenvalue weighted by molar-refractivity contribution is 6.31. The van der Waals surface area contributed by atoms with Crippen LogP contribution in [0.2, 0.25) is 5.02 Å². The number of rotatable bonds is 1. The van der Waals surface area contributed by atoms with Crippen molar-refractivity contribution in [1.82, 2.24) is 4.90 Å². The zero-order valence-electron chi connectivity index (χ0n) is 15.1. The van der Waals surface area contributed by atoms with E-state index in [9.17, 15) is 22.4 Å². The Morgan fingerprint density at radius 3 is 2.68 bits per heavy atom. The van der Waals surface area contributed by atoms with Crippen LogP contribution in [-0.4, -0.2) is 23.0 Å². The van der Waals surface area contributed by atoms with Crippen LogP contribution in [-0.2, 0) is 6.18 Å². The molecule has 4 rings (SSSR count). The lowest BCUT2D eigenvalue weighted by molar-refractivity contribution is -0.137. The fourth-order valence-electron chi connectivity index (χ4n) is 4.50. The van der Waals surface area contributed by atoms with Gasteiger partial charge in [-0.3, -0.25) is 0 Å². The smallest absolute Gasteiger partial charge is 0.314 e. The summed E-state index contributed by atoms with van der Waals surface area (Å²) in [6, 6.07) is 2.68. The van der Waals surface area contributed by atoms with Crippen molar-refractivity contribution in [2.75, 3.05) is 5.32 Å². The van der Waals surface area contributed by atoms with Crippen LogP contribution in [0.25, 0.3) is 0 Å². The van der Waals surface area contributed by atoms with Gasteiger partial charge >= 0.3 is 12.2 Å². The van der Waals surface area contributed by atoms with Gasteiger partial charge in [0.15, 0.2) is 0 Å². The molecule has 3 unspecified atom stereocenters. The number of carbonyl (C=O) groups excluding carboxylic acids is 1. The minimum atomic E-state index is -4.55. The van der Waals surface area contributed by atoms with E-state index < -0.39 is 16.8 Å². The maximum atomic E-state index is 14.0. The zero-order valence-corrected chi connectivity index (χ0v) is 15.9. The van der Waals surface area contributed by atoms with Crippen LogP contribution in [0.5, 0.6) is 0 Å². The Hall–Kier alpha value is -2.02. The molecule has 150 valence electrons. The van der Waals surface area contributed by atoms with E-state index in [1.54, 1.807) is 11.0 Å². The first-order valence-electron chi connectivity index (χ1n) is 9.20. The molecule has 0 spiro atoms. The Labute approximate surface area is 165 Å². The Morgan fingerprint density at radius 1 is 1.25 bits per heavy atom. The number of fused-ring (bicyclic) bond motifs is 3. The van der Waals surface area contributed by atoms with Crippen LogP contribution in [0, 0.1) is 5.92 Å². The van der Waals surface area contributed by atoms with Crippen molar-refractivity contribution in [2.45, 2.75) is 50.9 Å². The van der Waals surface area contributed by atoms with Crippen molar-refractivity contribution in [3.8, 4) is 0 Å². The summed E-state index contributed by atoms with van der Waals surface area (Å²) < 4.78 is 52.5. The topological polar surface area (TPSA) is 32.3 Å². The summed E-state index contributed by atoms with van der Waals surface area (Å²) in [7, 11) is 0. The second-order valence-corrected chi connectivity index (χ2v) is 8.07. The maximum absolute atomic E-state index is 14.0. The van der Waals surface area contributed by atoms with E-state index in [0.717, 1.165) is 36.1 Å². The molecule has 3 nitrogen and oxygen atoms in total. The number of anilines is 1. The molecule has 0 radical (unpaired) electrons. The molecule has 1 N–H and O–H groups in total. The lowest BCUT2D eigenvalue weighted by Crippen LogP contribution is -2.48. The fourth-order valence-corrected chi connectivity index (χ4v) is 4.79. The molecule has 28 heavy (non-hydrogen) atoms. The molecule has 1 aliphatic carbocycles. The first-order chi connectivity index (χ1) is 13.1. The largest absolute Gasteiger partial charge is 0.417 e. The summed E-state index contributed by atoms with van der Waals surface area (Å²) in [5.74, 6) is -0.315. The van der Waals surface area contributed by atoms with Crippen molar-refractivity contribution in [3.05, 3.63) is 51.8 Å². The molecule has 1 aromatic rings. The average molecular weight is 415 g/mol. The molecular formula is C20H19ClF4N2O. The summed E-state index contributed by atoms with van der Waals surface area (Å²) >= 11 is 5.74. The molecule has 3 aliphatic rings. The molecule has 1 saturated heterocycles. The number of benzene rings is 1. The Morgan fingerprint density at radius 2 is 2.00 bits per heavy atom. The Balaban J connectivity index is 1.55. The predicted molar refractivity (Wildman–Crippen MR) is 98.7 cm³/mol. The van der Waals surface area contributed by atoms with Crippen molar-refractivity contribution in [1.29, 1.82) is 0 Å². The minimum Gasteiger partial charge on any atom is -0.314 e. The van der Waals surface area contributed by atoms with Crippen molar-refractivity contribution in [2.24, 2.45) is 5.92 Å².